The number of amides is 1. The molecule has 9 nitrogen and oxygen atoms in total. The number of methoxy groups -OCH3 is 3. The van der Waals surface area contributed by atoms with Crippen LogP contribution < -0.4 is 24.3 Å². The first-order valence-electron chi connectivity index (χ1n) is 10.3. The van der Waals surface area contributed by atoms with Crippen LogP contribution in [0.3, 0.4) is 0 Å². The first kappa shape index (κ1) is 24.5. The number of benzene rings is 2. The Kier molecular flexibility index (Phi) is 8.62. The predicted molar refractivity (Wildman–Crippen MR) is 123 cm³/mol. The highest BCUT2D eigenvalue weighted by molar-refractivity contribution is 6.34. The number of nitrogens with one attached hydrogen (secondary N) is 1. The zero-order valence-corrected chi connectivity index (χ0v) is 19.6. The largest absolute Gasteiger partial charge is 0.497 e. The van der Waals surface area contributed by atoms with Gasteiger partial charge in [0, 0.05) is 31.2 Å². The van der Waals surface area contributed by atoms with E-state index in [1.807, 2.05) is 12.1 Å². The number of halogens is 1. The summed E-state index contributed by atoms with van der Waals surface area (Å²) >= 11 is 6.33. The van der Waals surface area contributed by atoms with Crippen molar-refractivity contribution in [1.82, 2.24) is 4.90 Å². The van der Waals surface area contributed by atoms with Gasteiger partial charge in [-0.3, -0.25) is 14.5 Å². The minimum atomic E-state index is -0.466. The number of nitrogens with zero attached hydrogens (tertiary/aromatic N) is 1. The summed E-state index contributed by atoms with van der Waals surface area (Å²) in [5, 5.41) is 3.11. The van der Waals surface area contributed by atoms with Gasteiger partial charge in [-0.15, -0.1) is 0 Å². The Morgan fingerprint density at radius 3 is 2.21 bits per heavy atom. The van der Waals surface area contributed by atoms with Crippen LogP contribution in [-0.4, -0.2) is 64.4 Å². The molecule has 0 saturated heterocycles. The number of rotatable bonds is 9. The number of anilines is 1. The lowest BCUT2D eigenvalue weighted by molar-refractivity contribution is -0.142. The number of carbonyl (C=O) groups is 2. The molecule has 0 saturated carbocycles. The van der Waals surface area contributed by atoms with Crippen molar-refractivity contribution in [2.75, 3.05) is 52.9 Å². The van der Waals surface area contributed by atoms with Gasteiger partial charge < -0.3 is 29.0 Å². The maximum atomic E-state index is 12.8. The van der Waals surface area contributed by atoms with E-state index < -0.39 is 5.97 Å². The number of hydrogen-bond acceptors (Lipinski definition) is 8. The highest BCUT2D eigenvalue weighted by Crippen LogP contribution is 2.37. The molecule has 1 heterocycles. The summed E-state index contributed by atoms with van der Waals surface area (Å²) in [4.78, 5) is 26.4. The summed E-state index contributed by atoms with van der Waals surface area (Å²) in [7, 11) is 4.40. The molecular formula is C23H27ClN2O7. The van der Waals surface area contributed by atoms with Crippen molar-refractivity contribution in [3.63, 3.8) is 0 Å². The van der Waals surface area contributed by atoms with Gasteiger partial charge >= 0.3 is 5.97 Å². The average Bonchev–Trinajstić information content (AvgIpc) is 3.03. The Hall–Kier alpha value is -3.17. The fraction of sp³-hybridized carbons (Fsp3) is 0.391. The zero-order valence-electron chi connectivity index (χ0n) is 18.8. The summed E-state index contributed by atoms with van der Waals surface area (Å²) in [5.41, 5.74) is 1.20. The van der Waals surface area contributed by atoms with E-state index in [1.165, 1.54) is 7.11 Å². The molecule has 10 heteroatoms. The van der Waals surface area contributed by atoms with Gasteiger partial charge in [-0.1, -0.05) is 11.6 Å². The van der Waals surface area contributed by atoms with E-state index in [4.69, 9.17) is 35.3 Å². The highest BCUT2D eigenvalue weighted by Gasteiger charge is 2.19. The lowest BCUT2D eigenvalue weighted by atomic mass is 10.2. The highest BCUT2D eigenvalue weighted by atomic mass is 35.5. The van der Waals surface area contributed by atoms with Crippen molar-refractivity contribution in [1.29, 1.82) is 0 Å². The molecule has 0 spiro atoms. The van der Waals surface area contributed by atoms with E-state index in [0.29, 0.717) is 46.9 Å². The van der Waals surface area contributed by atoms with Crippen molar-refractivity contribution in [3.8, 4) is 23.0 Å². The van der Waals surface area contributed by atoms with Crippen LogP contribution in [0.5, 0.6) is 23.0 Å². The minimum Gasteiger partial charge on any atom is -0.497 e. The molecular weight excluding hydrogens is 452 g/mol. The van der Waals surface area contributed by atoms with Crippen molar-refractivity contribution in [2.45, 2.75) is 13.0 Å². The molecule has 33 heavy (non-hydrogen) atoms. The number of carbonyl (C=O) groups excluding carboxylic acids is 2. The molecule has 0 atom stereocenters. The summed E-state index contributed by atoms with van der Waals surface area (Å²) < 4.78 is 26.7. The first-order valence-corrected chi connectivity index (χ1v) is 10.7. The Morgan fingerprint density at radius 2 is 1.61 bits per heavy atom. The van der Waals surface area contributed by atoms with Crippen LogP contribution in [0.25, 0.3) is 0 Å². The molecule has 0 unspecified atom stereocenters. The van der Waals surface area contributed by atoms with Gasteiger partial charge in [-0.2, -0.15) is 0 Å². The van der Waals surface area contributed by atoms with Crippen LogP contribution in [0.1, 0.15) is 12.0 Å². The zero-order chi connectivity index (χ0) is 23.8. The van der Waals surface area contributed by atoms with Crippen LogP contribution in [0.4, 0.5) is 5.69 Å². The second kappa shape index (κ2) is 11.6. The van der Waals surface area contributed by atoms with Crippen molar-refractivity contribution in [2.24, 2.45) is 0 Å². The fourth-order valence-corrected chi connectivity index (χ4v) is 3.50. The molecule has 0 bridgehead atoms. The quantitative estimate of drug-likeness (QED) is 0.549. The van der Waals surface area contributed by atoms with Gasteiger partial charge in [-0.05, 0) is 17.7 Å². The van der Waals surface area contributed by atoms with Gasteiger partial charge in [0.2, 0.25) is 5.91 Å². The standard InChI is InChI=1S/C23H27ClN2O7/c1-29-16-7-15(8-17(9-16)30-2)12-26(14-23(28)31-3)13-22(27)25-19-11-21-20(10-18(19)24)32-5-4-6-33-21/h7-11H,4-6,12-14H2,1-3H3,(H,25,27). The lowest BCUT2D eigenvalue weighted by Crippen LogP contribution is -2.37. The second-order valence-corrected chi connectivity index (χ2v) is 7.73. The van der Waals surface area contributed by atoms with Crippen LogP contribution in [0, 0.1) is 0 Å². The molecule has 3 rings (SSSR count). The van der Waals surface area contributed by atoms with Crippen LogP contribution >= 0.6 is 11.6 Å². The van der Waals surface area contributed by atoms with E-state index in [-0.39, 0.29) is 25.5 Å². The van der Waals surface area contributed by atoms with E-state index in [0.717, 1.165) is 12.0 Å². The smallest absolute Gasteiger partial charge is 0.319 e. The van der Waals surface area contributed by atoms with Gasteiger partial charge in [0.25, 0.3) is 0 Å². The molecule has 1 N–H and O–H groups in total. The lowest BCUT2D eigenvalue weighted by Gasteiger charge is -2.21. The monoisotopic (exact) mass is 478 g/mol. The topological polar surface area (TPSA) is 95.6 Å². The number of ether oxygens (including phenoxy) is 5. The van der Waals surface area contributed by atoms with Gasteiger partial charge in [0.05, 0.1) is 58.3 Å². The third-order valence-corrected chi connectivity index (χ3v) is 5.19. The average molecular weight is 479 g/mol. The number of fused-ring (bicyclic) bond motifs is 1. The van der Waals surface area contributed by atoms with Gasteiger partial charge in [0.15, 0.2) is 11.5 Å². The normalized spacial score (nSPS) is 12.6. The summed E-state index contributed by atoms with van der Waals surface area (Å²) in [6.07, 6.45) is 0.755. The van der Waals surface area contributed by atoms with Crippen LogP contribution in [0.2, 0.25) is 5.02 Å². The molecule has 0 fully saturated rings. The first-order chi connectivity index (χ1) is 15.9. The van der Waals surface area contributed by atoms with Crippen molar-refractivity contribution >= 4 is 29.2 Å². The molecule has 0 aromatic heterocycles. The number of hydrogen-bond donors (Lipinski definition) is 1. The third kappa shape index (κ3) is 6.90. The minimum absolute atomic E-state index is 0.0839. The summed E-state index contributed by atoms with van der Waals surface area (Å²) in [6.45, 7) is 1.16. The molecule has 1 aliphatic heterocycles. The van der Waals surface area contributed by atoms with E-state index in [2.05, 4.69) is 5.32 Å². The fourth-order valence-electron chi connectivity index (χ4n) is 3.30. The molecule has 0 aliphatic carbocycles. The maximum Gasteiger partial charge on any atom is 0.319 e. The SMILES string of the molecule is COC(=O)CN(CC(=O)Nc1cc2c(cc1Cl)OCCCO2)Cc1cc(OC)cc(OC)c1. The van der Waals surface area contributed by atoms with Gasteiger partial charge in [-0.25, -0.2) is 0 Å². The Balaban J connectivity index is 1.74. The van der Waals surface area contributed by atoms with Crippen LogP contribution in [0.15, 0.2) is 30.3 Å². The number of esters is 1. The van der Waals surface area contributed by atoms with E-state index in [1.54, 1.807) is 37.3 Å². The van der Waals surface area contributed by atoms with Crippen LogP contribution in [-0.2, 0) is 20.9 Å². The summed E-state index contributed by atoms with van der Waals surface area (Å²) in [5.74, 6) is 1.44. The molecule has 2 aromatic rings. The molecule has 2 aromatic carbocycles. The Bertz CT molecular complexity index is 977. The molecule has 178 valence electrons. The van der Waals surface area contributed by atoms with Crippen molar-refractivity contribution in [3.05, 3.63) is 40.9 Å². The maximum absolute atomic E-state index is 12.8. The van der Waals surface area contributed by atoms with E-state index >= 15 is 0 Å². The molecule has 1 amide bonds. The Morgan fingerprint density at radius 1 is 0.970 bits per heavy atom. The predicted octanol–water partition coefficient (Wildman–Crippen LogP) is 3.13. The van der Waals surface area contributed by atoms with Gasteiger partial charge in [0.1, 0.15) is 11.5 Å². The van der Waals surface area contributed by atoms with Crippen molar-refractivity contribution < 1.29 is 33.3 Å². The molecule has 0 radical (unpaired) electrons. The summed E-state index contributed by atoms with van der Waals surface area (Å²) in [6, 6.07) is 8.62. The molecule has 1 aliphatic rings. The third-order valence-electron chi connectivity index (χ3n) is 4.88. The van der Waals surface area contributed by atoms with E-state index in [9.17, 15) is 9.59 Å². The second-order valence-electron chi connectivity index (χ2n) is 7.32. The Labute approximate surface area is 197 Å².